The number of aromatic amines is 1. The van der Waals surface area contributed by atoms with Crippen LogP contribution in [0.4, 0.5) is 5.69 Å². The standard InChI is InChI=1S/C15H19N3/c1-2-10-3-8-14-13(9-10)15(18-17-14)11-4-6-12(16)7-5-11/h4-7,10H,2-3,8-9,16H2,1H3,(H,17,18). The lowest BCUT2D eigenvalue weighted by atomic mass is 9.84. The minimum absolute atomic E-state index is 0.801. The SMILES string of the molecule is CCC1CCc2[nH]nc(-c3ccc(N)cc3)c2C1. The predicted octanol–water partition coefficient (Wildman–Crippen LogP) is 3.17. The topological polar surface area (TPSA) is 54.7 Å². The van der Waals surface area contributed by atoms with Gasteiger partial charge >= 0.3 is 0 Å². The number of fused-ring (bicyclic) bond motifs is 1. The summed E-state index contributed by atoms with van der Waals surface area (Å²) in [4.78, 5) is 0. The van der Waals surface area contributed by atoms with Crippen molar-refractivity contribution in [1.82, 2.24) is 10.2 Å². The molecule has 0 bridgehead atoms. The molecule has 1 aromatic carbocycles. The van der Waals surface area contributed by atoms with E-state index in [1.54, 1.807) is 0 Å². The van der Waals surface area contributed by atoms with Crippen LogP contribution in [0.15, 0.2) is 24.3 Å². The Labute approximate surface area is 107 Å². The lowest BCUT2D eigenvalue weighted by molar-refractivity contribution is 0.443. The highest BCUT2D eigenvalue weighted by Crippen LogP contribution is 2.33. The Bertz CT molecular complexity index is 539. The van der Waals surface area contributed by atoms with Crippen molar-refractivity contribution >= 4 is 5.69 Å². The molecular weight excluding hydrogens is 222 g/mol. The molecule has 3 heteroatoms. The number of nitrogens with two attached hydrogens (primary N) is 1. The van der Waals surface area contributed by atoms with Crippen molar-refractivity contribution in [3.63, 3.8) is 0 Å². The first kappa shape index (κ1) is 11.3. The lowest BCUT2D eigenvalue weighted by Gasteiger charge is -2.20. The van der Waals surface area contributed by atoms with E-state index >= 15 is 0 Å². The number of aryl methyl sites for hydroxylation is 1. The van der Waals surface area contributed by atoms with Crippen molar-refractivity contribution in [2.75, 3.05) is 5.73 Å². The monoisotopic (exact) mass is 241 g/mol. The van der Waals surface area contributed by atoms with Gasteiger partial charge in [-0.25, -0.2) is 0 Å². The van der Waals surface area contributed by atoms with Gasteiger partial charge in [0.2, 0.25) is 0 Å². The van der Waals surface area contributed by atoms with Gasteiger partial charge in [0.1, 0.15) is 0 Å². The van der Waals surface area contributed by atoms with Crippen molar-refractivity contribution in [2.24, 2.45) is 5.92 Å². The molecule has 0 radical (unpaired) electrons. The third-order valence-corrected chi connectivity index (χ3v) is 4.01. The first-order valence-electron chi connectivity index (χ1n) is 6.70. The van der Waals surface area contributed by atoms with Gasteiger partial charge in [-0.15, -0.1) is 0 Å². The summed E-state index contributed by atoms with van der Waals surface area (Å²) in [5.74, 6) is 0.808. The molecule has 1 unspecified atom stereocenters. The molecule has 1 atom stereocenters. The molecule has 0 saturated heterocycles. The van der Waals surface area contributed by atoms with Crippen LogP contribution in [0.5, 0.6) is 0 Å². The van der Waals surface area contributed by atoms with Crippen LogP contribution in [-0.2, 0) is 12.8 Å². The molecule has 1 aliphatic carbocycles. The molecule has 2 aromatic rings. The first-order valence-corrected chi connectivity index (χ1v) is 6.70. The van der Waals surface area contributed by atoms with Gasteiger partial charge in [-0.1, -0.05) is 25.5 Å². The van der Waals surface area contributed by atoms with Gasteiger partial charge in [0, 0.05) is 22.5 Å². The zero-order chi connectivity index (χ0) is 12.5. The van der Waals surface area contributed by atoms with Crippen molar-refractivity contribution < 1.29 is 0 Å². The van der Waals surface area contributed by atoms with Crippen molar-refractivity contribution in [3.05, 3.63) is 35.5 Å². The minimum Gasteiger partial charge on any atom is -0.399 e. The molecule has 18 heavy (non-hydrogen) atoms. The van der Waals surface area contributed by atoms with Gasteiger partial charge in [0.25, 0.3) is 0 Å². The van der Waals surface area contributed by atoms with Gasteiger partial charge in [0.15, 0.2) is 0 Å². The molecule has 0 aliphatic heterocycles. The van der Waals surface area contributed by atoms with Crippen LogP contribution in [0.1, 0.15) is 31.0 Å². The van der Waals surface area contributed by atoms with E-state index in [0.29, 0.717) is 0 Å². The highest BCUT2D eigenvalue weighted by atomic mass is 15.1. The number of benzene rings is 1. The molecular formula is C15H19N3. The zero-order valence-electron chi connectivity index (χ0n) is 10.7. The summed E-state index contributed by atoms with van der Waals surface area (Å²) in [6.07, 6.45) is 4.83. The number of nitrogen functional groups attached to an aromatic ring is 1. The van der Waals surface area contributed by atoms with Gasteiger partial charge < -0.3 is 5.73 Å². The molecule has 3 rings (SSSR count). The van der Waals surface area contributed by atoms with E-state index in [1.807, 2.05) is 12.1 Å². The highest BCUT2D eigenvalue weighted by Gasteiger charge is 2.23. The molecule has 0 fully saturated rings. The second-order valence-corrected chi connectivity index (χ2v) is 5.17. The number of hydrogen-bond acceptors (Lipinski definition) is 2. The fraction of sp³-hybridized carbons (Fsp3) is 0.400. The van der Waals surface area contributed by atoms with E-state index in [0.717, 1.165) is 30.1 Å². The number of H-pyrrole nitrogens is 1. The third-order valence-electron chi connectivity index (χ3n) is 4.01. The second-order valence-electron chi connectivity index (χ2n) is 5.17. The molecule has 1 heterocycles. The summed E-state index contributed by atoms with van der Waals surface area (Å²) in [5.41, 5.74) is 11.6. The van der Waals surface area contributed by atoms with Crippen LogP contribution >= 0.6 is 0 Å². The average Bonchev–Trinajstić information content (AvgIpc) is 2.82. The Hall–Kier alpha value is -1.77. The van der Waals surface area contributed by atoms with Crippen LogP contribution < -0.4 is 5.73 Å². The molecule has 0 spiro atoms. The van der Waals surface area contributed by atoms with E-state index < -0.39 is 0 Å². The van der Waals surface area contributed by atoms with Crippen molar-refractivity contribution in [1.29, 1.82) is 0 Å². The van der Waals surface area contributed by atoms with E-state index in [-0.39, 0.29) is 0 Å². The molecule has 94 valence electrons. The number of hydrogen-bond donors (Lipinski definition) is 2. The van der Waals surface area contributed by atoms with Gasteiger partial charge in [-0.05, 0) is 37.3 Å². The Morgan fingerprint density at radius 3 is 2.83 bits per heavy atom. The minimum atomic E-state index is 0.801. The van der Waals surface area contributed by atoms with Crippen molar-refractivity contribution in [2.45, 2.75) is 32.6 Å². The predicted molar refractivity (Wildman–Crippen MR) is 74.2 cm³/mol. The van der Waals surface area contributed by atoms with E-state index in [9.17, 15) is 0 Å². The Morgan fingerprint density at radius 1 is 1.33 bits per heavy atom. The second kappa shape index (κ2) is 4.48. The summed E-state index contributed by atoms with van der Waals surface area (Å²) < 4.78 is 0. The molecule has 3 nitrogen and oxygen atoms in total. The molecule has 0 amide bonds. The average molecular weight is 241 g/mol. The van der Waals surface area contributed by atoms with E-state index in [2.05, 4.69) is 29.3 Å². The quantitative estimate of drug-likeness (QED) is 0.793. The largest absolute Gasteiger partial charge is 0.399 e. The first-order chi connectivity index (χ1) is 8.78. The Kier molecular flexibility index (Phi) is 2.82. The van der Waals surface area contributed by atoms with E-state index in [1.165, 1.54) is 29.7 Å². The number of aromatic nitrogens is 2. The Morgan fingerprint density at radius 2 is 2.11 bits per heavy atom. The van der Waals surface area contributed by atoms with Crippen LogP contribution in [0, 0.1) is 5.92 Å². The van der Waals surface area contributed by atoms with Gasteiger partial charge in [-0.3, -0.25) is 5.10 Å². The maximum Gasteiger partial charge on any atom is 0.0955 e. The summed E-state index contributed by atoms with van der Waals surface area (Å²) in [5, 5.41) is 7.70. The van der Waals surface area contributed by atoms with Crippen LogP contribution in [-0.4, -0.2) is 10.2 Å². The van der Waals surface area contributed by atoms with Crippen LogP contribution in [0.25, 0.3) is 11.3 Å². The van der Waals surface area contributed by atoms with Crippen LogP contribution in [0.2, 0.25) is 0 Å². The summed E-state index contributed by atoms with van der Waals surface area (Å²) >= 11 is 0. The Balaban J connectivity index is 1.99. The van der Waals surface area contributed by atoms with Gasteiger partial charge in [-0.2, -0.15) is 5.10 Å². The maximum atomic E-state index is 5.73. The van der Waals surface area contributed by atoms with Crippen molar-refractivity contribution in [3.8, 4) is 11.3 Å². The number of anilines is 1. The zero-order valence-corrected chi connectivity index (χ0v) is 10.7. The maximum absolute atomic E-state index is 5.73. The summed E-state index contributed by atoms with van der Waals surface area (Å²) in [6, 6.07) is 8.00. The number of rotatable bonds is 2. The highest BCUT2D eigenvalue weighted by molar-refractivity contribution is 5.66. The fourth-order valence-corrected chi connectivity index (χ4v) is 2.80. The number of nitrogens with one attached hydrogen (secondary N) is 1. The van der Waals surface area contributed by atoms with Crippen LogP contribution in [0.3, 0.4) is 0 Å². The molecule has 1 aliphatic rings. The smallest absolute Gasteiger partial charge is 0.0955 e. The van der Waals surface area contributed by atoms with E-state index in [4.69, 9.17) is 5.73 Å². The fourth-order valence-electron chi connectivity index (χ4n) is 2.80. The van der Waals surface area contributed by atoms with Gasteiger partial charge in [0.05, 0.1) is 5.69 Å². The summed E-state index contributed by atoms with van der Waals surface area (Å²) in [6.45, 7) is 2.28. The molecule has 0 saturated carbocycles. The summed E-state index contributed by atoms with van der Waals surface area (Å²) in [7, 11) is 0. The lowest BCUT2D eigenvalue weighted by Crippen LogP contribution is -2.12. The number of nitrogens with zero attached hydrogens (tertiary/aromatic N) is 1. The molecule has 3 N–H and O–H groups in total. The third kappa shape index (κ3) is 1.90. The molecule has 1 aromatic heterocycles. The normalized spacial score (nSPS) is 18.6.